The summed E-state index contributed by atoms with van der Waals surface area (Å²) >= 11 is 3.13. The highest BCUT2D eigenvalue weighted by molar-refractivity contribution is 7.14. The summed E-state index contributed by atoms with van der Waals surface area (Å²) in [6.07, 6.45) is 2.09. The molecule has 4 rings (SSSR count). The summed E-state index contributed by atoms with van der Waals surface area (Å²) in [6, 6.07) is 11.3. The van der Waals surface area contributed by atoms with Crippen molar-refractivity contribution in [2.45, 2.75) is 32.2 Å². The maximum Gasteiger partial charge on any atom is 0.257 e. The van der Waals surface area contributed by atoms with Crippen LogP contribution >= 0.6 is 22.7 Å². The number of thiophene rings is 1. The molecule has 7 heteroatoms. The van der Waals surface area contributed by atoms with Crippen LogP contribution in [0.1, 0.15) is 45.9 Å². The second kappa shape index (κ2) is 8.24. The lowest BCUT2D eigenvalue weighted by molar-refractivity contribution is -0.133. The lowest BCUT2D eigenvalue weighted by atomic mass is 9.97. The number of carbonyl (C=O) groups is 2. The van der Waals surface area contributed by atoms with E-state index in [1.165, 1.54) is 21.8 Å². The Kier molecular flexibility index (Phi) is 5.54. The molecule has 0 radical (unpaired) electrons. The highest BCUT2D eigenvalue weighted by Gasteiger charge is 2.30. The smallest absolute Gasteiger partial charge is 0.257 e. The monoisotopic (exact) mass is 411 g/mol. The van der Waals surface area contributed by atoms with Crippen LogP contribution < -0.4 is 5.32 Å². The van der Waals surface area contributed by atoms with Crippen LogP contribution in [-0.4, -0.2) is 28.2 Å². The van der Waals surface area contributed by atoms with Crippen LogP contribution in [-0.2, 0) is 17.6 Å². The van der Waals surface area contributed by atoms with Gasteiger partial charge in [0.2, 0.25) is 5.91 Å². The molecule has 28 heavy (non-hydrogen) atoms. The third-order valence-corrected chi connectivity index (χ3v) is 6.75. The molecule has 2 aromatic heterocycles. The van der Waals surface area contributed by atoms with Crippen LogP contribution in [0.15, 0.2) is 47.2 Å². The Morgan fingerprint density at radius 2 is 2.04 bits per heavy atom. The molecule has 5 nitrogen and oxygen atoms in total. The number of nitrogens with zero attached hydrogens (tertiary/aromatic N) is 2. The first-order valence-corrected chi connectivity index (χ1v) is 11.1. The molecule has 3 aromatic rings. The predicted octanol–water partition coefficient (Wildman–Crippen LogP) is 4.54. The number of amides is 2. The van der Waals surface area contributed by atoms with E-state index in [2.05, 4.69) is 28.7 Å². The minimum atomic E-state index is -0.195. The van der Waals surface area contributed by atoms with E-state index in [1.54, 1.807) is 23.5 Å². The summed E-state index contributed by atoms with van der Waals surface area (Å²) < 4.78 is 0. The van der Waals surface area contributed by atoms with E-state index in [1.807, 2.05) is 28.5 Å². The molecule has 1 unspecified atom stereocenters. The van der Waals surface area contributed by atoms with Crippen molar-refractivity contribution in [2.75, 3.05) is 11.9 Å². The molecule has 0 saturated heterocycles. The average Bonchev–Trinajstić information content (AvgIpc) is 3.37. The Balaban J connectivity index is 1.41. The fourth-order valence-corrected chi connectivity index (χ4v) is 5.23. The van der Waals surface area contributed by atoms with Gasteiger partial charge in [0, 0.05) is 22.4 Å². The zero-order valence-corrected chi connectivity index (χ0v) is 17.2. The number of benzene rings is 1. The number of aromatic nitrogens is 1. The molecule has 0 saturated carbocycles. The summed E-state index contributed by atoms with van der Waals surface area (Å²) in [5, 5.41) is 7.28. The Morgan fingerprint density at radius 3 is 2.82 bits per heavy atom. The predicted molar refractivity (Wildman–Crippen MR) is 113 cm³/mol. The van der Waals surface area contributed by atoms with E-state index in [0.717, 1.165) is 19.4 Å². The van der Waals surface area contributed by atoms with Gasteiger partial charge in [0.25, 0.3) is 5.91 Å². The summed E-state index contributed by atoms with van der Waals surface area (Å²) in [5.41, 5.74) is 2.58. The van der Waals surface area contributed by atoms with Crippen LogP contribution in [0.3, 0.4) is 0 Å². The van der Waals surface area contributed by atoms with Crippen LogP contribution in [0, 0.1) is 0 Å². The first kappa shape index (κ1) is 18.8. The number of anilines is 1. The van der Waals surface area contributed by atoms with Gasteiger partial charge in [-0.3, -0.25) is 14.9 Å². The van der Waals surface area contributed by atoms with Gasteiger partial charge in [-0.15, -0.1) is 22.7 Å². The number of thiazole rings is 1. The number of rotatable bonds is 5. The van der Waals surface area contributed by atoms with Crippen molar-refractivity contribution in [2.24, 2.45) is 0 Å². The number of hydrogen-bond acceptors (Lipinski definition) is 5. The van der Waals surface area contributed by atoms with Crippen LogP contribution in [0.5, 0.6) is 0 Å². The molecular formula is C21H21N3O2S2. The van der Waals surface area contributed by atoms with Crippen molar-refractivity contribution in [3.05, 3.63) is 68.9 Å². The molecule has 3 heterocycles. The van der Waals surface area contributed by atoms with Gasteiger partial charge in [-0.2, -0.15) is 0 Å². The minimum Gasteiger partial charge on any atom is -0.335 e. The summed E-state index contributed by atoms with van der Waals surface area (Å²) in [4.78, 5) is 33.0. The maximum absolute atomic E-state index is 12.9. The van der Waals surface area contributed by atoms with E-state index in [9.17, 15) is 9.59 Å². The molecule has 1 N–H and O–H groups in total. The van der Waals surface area contributed by atoms with Gasteiger partial charge in [-0.05, 0) is 42.0 Å². The molecule has 2 amide bonds. The normalized spacial score (nSPS) is 15.9. The van der Waals surface area contributed by atoms with Crippen LogP contribution in [0.4, 0.5) is 5.13 Å². The number of nitrogens with one attached hydrogen (secondary N) is 1. The molecule has 0 aliphatic carbocycles. The molecule has 144 valence electrons. The third kappa shape index (κ3) is 3.86. The first-order chi connectivity index (χ1) is 13.7. The molecule has 1 atom stereocenters. The zero-order chi connectivity index (χ0) is 19.5. The molecule has 0 bridgehead atoms. The van der Waals surface area contributed by atoms with Gasteiger partial charge >= 0.3 is 0 Å². The van der Waals surface area contributed by atoms with E-state index >= 15 is 0 Å². The lowest BCUT2D eigenvalue weighted by Gasteiger charge is -2.35. The topological polar surface area (TPSA) is 62.3 Å². The number of carbonyl (C=O) groups excluding carboxylic acids is 2. The molecule has 0 fully saturated rings. The van der Waals surface area contributed by atoms with Crippen LogP contribution in [0.2, 0.25) is 0 Å². The SMILES string of the molecule is CCC1c2ccsc2CCN1C(=O)Cc1csc(NC(=O)c2ccccc2)n1. The Morgan fingerprint density at radius 1 is 1.21 bits per heavy atom. The van der Waals surface area contributed by atoms with E-state index in [4.69, 9.17) is 0 Å². The molecule has 1 aliphatic rings. The van der Waals surface area contributed by atoms with Gasteiger partial charge < -0.3 is 4.90 Å². The lowest BCUT2D eigenvalue weighted by Crippen LogP contribution is -2.40. The van der Waals surface area contributed by atoms with Gasteiger partial charge in [0.05, 0.1) is 18.2 Å². The Hall–Kier alpha value is -2.51. The van der Waals surface area contributed by atoms with Gasteiger partial charge in [0.1, 0.15) is 0 Å². The largest absolute Gasteiger partial charge is 0.335 e. The average molecular weight is 412 g/mol. The fourth-order valence-electron chi connectivity index (χ4n) is 3.60. The van der Waals surface area contributed by atoms with E-state index in [-0.39, 0.29) is 24.3 Å². The summed E-state index contributed by atoms with van der Waals surface area (Å²) in [5.74, 6) is -0.102. The summed E-state index contributed by atoms with van der Waals surface area (Å²) in [7, 11) is 0. The maximum atomic E-state index is 12.9. The van der Waals surface area contributed by atoms with Crippen molar-refractivity contribution < 1.29 is 9.59 Å². The third-order valence-electron chi connectivity index (χ3n) is 4.94. The van der Waals surface area contributed by atoms with Crippen molar-refractivity contribution in [3.63, 3.8) is 0 Å². The van der Waals surface area contributed by atoms with Crippen LogP contribution in [0.25, 0.3) is 0 Å². The molecule has 1 aliphatic heterocycles. The van der Waals surface area contributed by atoms with Crippen molar-refractivity contribution in [1.29, 1.82) is 0 Å². The number of fused-ring (bicyclic) bond motifs is 1. The quantitative estimate of drug-likeness (QED) is 0.671. The highest BCUT2D eigenvalue weighted by atomic mass is 32.1. The van der Waals surface area contributed by atoms with E-state index < -0.39 is 0 Å². The highest BCUT2D eigenvalue weighted by Crippen LogP contribution is 2.35. The van der Waals surface area contributed by atoms with Gasteiger partial charge in [-0.1, -0.05) is 25.1 Å². The Labute approximate surface area is 172 Å². The van der Waals surface area contributed by atoms with Gasteiger partial charge in [-0.25, -0.2) is 4.98 Å². The summed E-state index contributed by atoms with van der Waals surface area (Å²) in [6.45, 7) is 2.88. The van der Waals surface area contributed by atoms with E-state index in [0.29, 0.717) is 16.4 Å². The van der Waals surface area contributed by atoms with Crippen molar-refractivity contribution in [3.8, 4) is 0 Å². The second-order valence-corrected chi connectivity index (χ2v) is 8.56. The van der Waals surface area contributed by atoms with Gasteiger partial charge in [0.15, 0.2) is 5.13 Å². The minimum absolute atomic E-state index is 0.0925. The van der Waals surface area contributed by atoms with Crippen molar-refractivity contribution >= 4 is 39.6 Å². The Bertz CT molecular complexity index is 980. The molecule has 1 aromatic carbocycles. The van der Waals surface area contributed by atoms with Crippen molar-refractivity contribution in [1.82, 2.24) is 9.88 Å². The fraction of sp³-hybridized carbons (Fsp3) is 0.286. The molecular weight excluding hydrogens is 390 g/mol. The number of hydrogen-bond donors (Lipinski definition) is 1. The first-order valence-electron chi connectivity index (χ1n) is 9.32. The second-order valence-electron chi connectivity index (χ2n) is 6.70. The standard InChI is InChI=1S/C21H21N3O2S2/c1-2-17-16-9-11-27-18(16)8-10-24(17)19(25)12-15-13-28-21(22-15)23-20(26)14-6-4-3-5-7-14/h3-7,9,11,13,17H,2,8,10,12H2,1H3,(H,22,23,26). The zero-order valence-electron chi connectivity index (χ0n) is 15.6. The molecule has 0 spiro atoms.